The van der Waals surface area contributed by atoms with Crippen molar-refractivity contribution in [1.29, 1.82) is 0 Å². The molecule has 1 aromatic carbocycles. The third-order valence-electron chi connectivity index (χ3n) is 2.74. The summed E-state index contributed by atoms with van der Waals surface area (Å²) >= 11 is 3.30. The summed E-state index contributed by atoms with van der Waals surface area (Å²) in [7, 11) is 0. The average Bonchev–Trinajstić information content (AvgIpc) is 2.75. The number of nitrogens with one attached hydrogen (secondary N) is 1. The smallest absolute Gasteiger partial charge is 0.272 e. The van der Waals surface area contributed by atoms with Crippen molar-refractivity contribution >= 4 is 27.5 Å². The van der Waals surface area contributed by atoms with Crippen molar-refractivity contribution in [1.82, 2.24) is 4.57 Å². The molecule has 0 saturated carbocycles. The fourth-order valence-electron chi connectivity index (χ4n) is 1.87. The van der Waals surface area contributed by atoms with Crippen LogP contribution in [0.15, 0.2) is 34.9 Å². The van der Waals surface area contributed by atoms with Crippen LogP contribution >= 0.6 is 15.9 Å². The summed E-state index contributed by atoms with van der Waals surface area (Å²) < 4.78 is 29.1. The van der Waals surface area contributed by atoms with Gasteiger partial charge in [0.05, 0.1) is 5.69 Å². The van der Waals surface area contributed by atoms with Crippen LogP contribution in [-0.4, -0.2) is 10.5 Å². The van der Waals surface area contributed by atoms with Crippen molar-refractivity contribution in [3.63, 3.8) is 0 Å². The van der Waals surface area contributed by atoms with E-state index >= 15 is 0 Å². The first-order valence-electron chi connectivity index (χ1n) is 6.13. The standard InChI is InChI=1S/C14H13BrF2N2O/c1-2-5-19-8-9(15)6-13(19)14(20)18-12-7-10(16)3-4-11(12)17/h3-4,6-8H,2,5H2,1H3,(H,18,20). The first-order valence-corrected chi connectivity index (χ1v) is 6.92. The van der Waals surface area contributed by atoms with Crippen molar-refractivity contribution in [2.75, 3.05) is 5.32 Å². The molecule has 6 heteroatoms. The van der Waals surface area contributed by atoms with Gasteiger partial charge in [0.15, 0.2) is 0 Å². The molecule has 0 unspecified atom stereocenters. The van der Waals surface area contributed by atoms with E-state index in [0.29, 0.717) is 12.2 Å². The molecule has 1 heterocycles. The number of amides is 1. The lowest BCUT2D eigenvalue weighted by Gasteiger charge is -2.09. The van der Waals surface area contributed by atoms with E-state index in [2.05, 4.69) is 21.2 Å². The number of benzene rings is 1. The lowest BCUT2D eigenvalue weighted by molar-refractivity contribution is 0.101. The highest BCUT2D eigenvalue weighted by molar-refractivity contribution is 9.10. The van der Waals surface area contributed by atoms with Crippen LogP contribution in [0.2, 0.25) is 0 Å². The van der Waals surface area contributed by atoms with E-state index in [1.165, 1.54) is 0 Å². The number of halogens is 3. The third kappa shape index (κ3) is 3.25. The molecule has 0 radical (unpaired) electrons. The van der Waals surface area contributed by atoms with Gasteiger partial charge in [-0.15, -0.1) is 0 Å². The van der Waals surface area contributed by atoms with Gasteiger partial charge in [-0.1, -0.05) is 6.92 Å². The van der Waals surface area contributed by atoms with Crippen LogP contribution in [0.5, 0.6) is 0 Å². The maximum absolute atomic E-state index is 13.5. The van der Waals surface area contributed by atoms with Gasteiger partial charge in [-0.3, -0.25) is 4.79 Å². The van der Waals surface area contributed by atoms with Crippen LogP contribution in [0.1, 0.15) is 23.8 Å². The maximum Gasteiger partial charge on any atom is 0.272 e. The Morgan fingerprint density at radius 3 is 2.80 bits per heavy atom. The van der Waals surface area contributed by atoms with E-state index in [-0.39, 0.29) is 5.69 Å². The highest BCUT2D eigenvalue weighted by Gasteiger charge is 2.15. The second-order valence-electron chi connectivity index (χ2n) is 4.32. The zero-order valence-electron chi connectivity index (χ0n) is 10.8. The summed E-state index contributed by atoms with van der Waals surface area (Å²) in [5.74, 6) is -1.76. The quantitative estimate of drug-likeness (QED) is 0.887. The number of aryl methyl sites for hydroxylation is 1. The molecular weight excluding hydrogens is 330 g/mol. The Hall–Kier alpha value is -1.69. The number of carbonyl (C=O) groups excluding carboxylic acids is 1. The molecule has 1 amide bonds. The summed E-state index contributed by atoms with van der Waals surface area (Å²) in [6.45, 7) is 2.65. The molecular formula is C14H13BrF2N2O. The van der Waals surface area contributed by atoms with E-state index in [4.69, 9.17) is 0 Å². The Labute approximate surface area is 123 Å². The molecule has 0 fully saturated rings. The number of nitrogens with zero attached hydrogens (tertiary/aromatic N) is 1. The third-order valence-corrected chi connectivity index (χ3v) is 3.17. The van der Waals surface area contributed by atoms with E-state index in [1.807, 2.05) is 6.92 Å². The Morgan fingerprint density at radius 1 is 1.35 bits per heavy atom. The van der Waals surface area contributed by atoms with Gasteiger partial charge in [0.25, 0.3) is 5.91 Å². The summed E-state index contributed by atoms with van der Waals surface area (Å²) in [5, 5.41) is 2.38. The molecule has 2 rings (SSSR count). The number of aromatic nitrogens is 1. The summed E-state index contributed by atoms with van der Waals surface area (Å²) in [6, 6.07) is 4.57. The summed E-state index contributed by atoms with van der Waals surface area (Å²) in [4.78, 5) is 12.1. The number of hydrogen-bond acceptors (Lipinski definition) is 1. The van der Waals surface area contributed by atoms with Crippen LogP contribution in [-0.2, 0) is 6.54 Å². The van der Waals surface area contributed by atoms with E-state index < -0.39 is 17.5 Å². The van der Waals surface area contributed by atoms with Crippen LogP contribution in [0.4, 0.5) is 14.5 Å². The van der Waals surface area contributed by atoms with Gasteiger partial charge < -0.3 is 9.88 Å². The fraction of sp³-hybridized carbons (Fsp3) is 0.214. The van der Waals surface area contributed by atoms with Crippen molar-refractivity contribution in [2.45, 2.75) is 19.9 Å². The molecule has 2 aromatic rings. The molecule has 0 bridgehead atoms. The van der Waals surface area contributed by atoms with Gasteiger partial charge in [-0.25, -0.2) is 8.78 Å². The molecule has 106 valence electrons. The number of carbonyl (C=O) groups is 1. The minimum absolute atomic E-state index is 0.171. The lowest BCUT2D eigenvalue weighted by Crippen LogP contribution is -2.17. The van der Waals surface area contributed by atoms with Gasteiger partial charge in [-0.2, -0.15) is 0 Å². The minimum Gasteiger partial charge on any atom is -0.342 e. The number of rotatable bonds is 4. The van der Waals surface area contributed by atoms with Crippen molar-refractivity contribution in [3.8, 4) is 0 Å². The Kier molecular flexibility index (Phi) is 4.54. The molecule has 0 aliphatic rings. The lowest BCUT2D eigenvalue weighted by atomic mass is 10.3. The molecule has 1 aromatic heterocycles. The molecule has 0 atom stereocenters. The topological polar surface area (TPSA) is 34.0 Å². The fourth-order valence-corrected chi connectivity index (χ4v) is 2.33. The normalized spacial score (nSPS) is 10.6. The molecule has 0 aliphatic carbocycles. The van der Waals surface area contributed by atoms with Crippen LogP contribution in [0.3, 0.4) is 0 Å². The van der Waals surface area contributed by atoms with Crippen molar-refractivity contribution in [2.24, 2.45) is 0 Å². The highest BCUT2D eigenvalue weighted by atomic mass is 79.9. The van der Waals surface area contributed by atoms with Crippen LogP contribution in [0, 0.1) is 11.6 Å². The summed E-state index contributed by atoms with van der Waals surface area (Å²) in [5.41, 5.74) is 0.220. The molecule has 0 saturated heterocycles. The van der Waals surface area contributed by atoms with E-state index in [1.54, 1.807) is 16.8 Å². The van der Waals surface area contributed by atoms with Crippen LogP contribution in [0.25, 0.3) is 0 Å². The van der Waals surface area contributed by atoms with Gasteiger partial charge in [0.1, 0.15) is 17.3 Å². The molecule has 3 nitrogen and oxygen atoms in total. The van der Waals surface area contributed by atoms with Crippen molar-refractivity contribution in [3.05, 3.63) is 52.3 Å². The predicted molar refractivity (Wildman–Crippen MR) is 76.7 cm³/mol. The largest absolute Gasteiger partial charge is 0.342 e. The van der Waals surface area contributed by atoms with Gasteiger partial charge >= 0.3 is 0 Å². The average molecular weight is 343 g/mol. The molecule has 1 N–H and O–H groups in total. The van der Waals surface area contributed by atoms with Gasteiger partial charge in [0, 0.05) is 23.3 Å². The first kappa shape index (κ1) is 14.7. The number of hydrogen-bond donors (Lipinski definition) is 1. The highest BCUT2D eigenvalue weighted by Crippen LogP contribution is 2.19. The van der Waals surface area contributed by atoms with Gasteiger partial charge in [-0.05, 0) is 40.5 Å². The van der Waals surface area contributed by atoms with Gasteiger partial charge in [0.2, 0.25) is 0 Å². The van der Waals surface area contributed by atoms with Crippen molar-refractivity contribution < 1.29 is 13.6 Å². The maximum atomic E-state index is 13.5. The van der Waals surface area contributed by atoms with E-state index in [0.717, 1.165) is 29.1 Å². The predicted octanol–water partition coefficient (Wildman–Crippen LogP) is 4.19. The molecule has 0 spiro atoms. The van der Waals surface area contributed by atoms with Crippen LogP contribution < -0.4 is 5.32 Å². The monoisotopic (exact) mass is 342 g/mol. The Bertz CT molecular complexity index is 640. The SMILES string of the molecule is CCCn1cc(Br)cc1C(=O)Nc1cc(F)ccc1F. The Balaban J connectivity index is 2.26. The van der Waals surface area contributed by atoms with E-state index in [9.17, 15) is 13.6 Å². The Morgan fingerprint density at radius 2 is 2.10 bits per heavy atom. The second kappa shape index (κ2) is 6.17. The molecule has 20 heavy (non-hydrogen) atoms. The molecule has 0 aliphatic heterocycles. The second-order valence-corrected chi connectivity index (χ2v) is 5.23. The summed E-state index contributed by atoms with van der Waals surface area (Å²) in [6.07, 6.45) is 2.63. The number of anilines is 1. The zero-order chi connectivity index (χ0) is 14.7. The minimum atomic E-state index is -0.674. The first-order chi connectivity index (χ1) is 9.51. The zero-order valence-corrected chi connectivity index (χ0v) is 12.4.